The van der Waals surface area contributed by atoms with Gasteiger partial charge < -0.3 is 5.11 Å². The van der Waals surface area contributed by atoms with E-state index in [9.17, 15) is 9.90 Å². The molecule has 0 aromatic heterocycles. The van der Waals surface area contributed by atoms with E-state index in [-0.39, 0.29) is 6.10 Å². The molecule has 4 saturated carbocycles. The van der Waals surface area contributed by atoms with Crippen LogP contribution >= 0.6 is 0 Å². The molecule has 168 valence electrons. The fraction of sp³-hybridized carbons (Fsp3) is 0.893. The maximum absolute atomic E-state index is 12.5. The van der Waals surface area contributed by atoms with Crippen LogP contribution in [-0.2, 0) is 4.79 Å². The number of Topliss-reactive ketones (excluding diaryl/α,β-unsaturated/α-hetero) is 1. The van der Waals surface area contributed by atoms with Crippen molar-refractivity contribution in [3.05, 3.63) is 11.6 Å². The number of carbonyl (C=O) groups is 1. The van der Waals surface area contributed by atoms with Crippen LogP contribution in [-0.4, -0.2) is 17.0 Å². The summed E-state index contributed by atoms with van der Waals surface area (Å²) in [6.07, 6.45) is 17.9. The van der Waals surface area contributed by atoms with Crippen molar-refractivity contribution in [2.75, 3.05) is 0 Å². The highest BCUT2D eigenvalue weighted by Crippen LogP contribution is 2.67. The number of carbonyl (C=O) groups excluding carboxylic acids is 1. The van der Waals surface area contributed by atoms with E-state index in [1.54, 1.807) is 5.57 Å². The SMILES string of the molecule is C[C@H](CCC(=O)C1CCC1)[C@H]1CC[C@H]2[C@@H]3CC=C4C[C@@H](O)CC[C@]4(C)[C@H]3CC[C@]12C. The molecular weight excluding hydrogens is 368 g/mol. The topological polar surface area (TPSA) is 37.3 Å². The molecule has 0 unspecified atom stereocenters. The van der Waals surface area contributed by atoms with Gasteiger partial charge >= 0.3 is 0 Å². The summed E-state index contributed by atoms with van der Waals surface area (Å²) in [6, 6.07) is 0. The van der Waals surface area contributed by atoms with E-state index >= 15 is 0 Å². The first kappa shape index (κ1) is 21.2. The van der Waals surface area contributed by atoms with Gasteiger partial charge in [0.25, 0.3) is 0 Å². The van der Waals surface area contributed by atoms with E-state index in [1.165, 1.54) is 44.9 Å². The Morgan fingerprint density at radius 3 is 2.63 bits per heavy atom. The summed E-state index contributed by atoms with van der Waals surface area (Å²) in [6.45, 7) is 7.62. The molecule has 5 rings (SSSR count). The Kier molecular flexibility index (Phi) is 5.48. The molecule has 0 aromatic rings. The van der Waals surface area contributed by atoms with E-state index in [0.29, 0.717) is 28.4 Å². The van der Waals surface area contributed by atoms with Crippen molar-refractivity contribution >= 4 is 5.78 Å². The van der Waals surface area contributed by atoms with Gasteiger partial charge in [-0.1, -0.05) is 38.8 Å². The molecule has 0 bridgehead atoms. The highest BCUT2D eigenvalue weighted by Gasteiger charge is 2.59. The molecule has 1 N–H and O–H groups in total. The van der Waals surface area contributed by atoms with Crippen LogP contribution in [0.1, 0.15) is 104 Å². The Balaban J connectivity index is 1.28. The fourth-order valence-electron chi connectivity index (χ4n) is 9.12. The van der Waals surface area contributed by atoms with Gasteiger partial charge in [0.2, 0.25) is 0 Å². The van der Waals surface area contributed by atoms with Gasteiger partial charge in [0.1, 0.15) is 5.78 Å². The zero-order valence-electron chi connectivity index (χ0n) is 19.7. The van der Waals surface area contributed by atoms with Crippen molar-refractivity contribution in [3.63, 3.8) is 0 Å². The number of fused-ring (bicyclic) bond motifs is 5. The highest BCUT2D eigenvalue weighted by atomic mass is 16.3. The second kappa shape index (κ2) is 7.75. The minimum absolute atomic E-state index is 0.103. The molecular formula is C28H44O2. The molecule has 4 fully saturated rings. The van der Waals surface area contributed by atoms with Crippen LogP contribution in [0.15, 0.2) is 11.6 Å². The van der Waals surface area contributed by atoms with E-state index < -0.39 is 0 Å². The summed E-state index contributed by atoms with van der Waals surface area (Å²) < 4.78 is 0. The number of aliphatic hydroxyl groups is 1. The zero-order valence-corrected chi connectivity index (χ0v) is 19.7. The maximum Gasteiger partial charge on any atom is 0.135 e. The lowest BCUT2D eigenvalue weighted by molar-refractivity contribution is -0.125. The first-order valence-electron chi connectivity index (χ1n) is 13.2. The maximum atomic E-state index is 12.5. The van der Waals surface area contributed by atoms with Crippen LogP contribution < -0.4 is 0 Å². The molecule has 0 aromatic carbocycles. The quantitative estimate of drug-likeness (QED) is 0.509. The van der Waals surface area contributed by atoms with Gasteiger partial charge in [-0.05, 0) is 111 Å². The van der Waals surface area contributed by atoms with Gasteiger partial charge in [0.05, 0.1) is 6.10 Å². The molecule has 8 atom stereocenters. The minimum Gasteiger partial charge on any atom is -0.393 e. The number of rotatable bonds is 5. The van der Waals surface area contributed by atoms with Gasteiger partial charge in [-0.25, -0.2) is 0 Å². The smallest absolute Gasteiger partial charge is 0.135 e. The number of hydrogen-bond acceptors (Lipinski definition) is 2. The summed E-state index contributed by atoms with van der Waals surface area (Å²) in [7, 11) is 0. The van der Waals surface area contributed by atoms with Crippen LogP contribution in [0.5, 0.6) is 0 Å². The van der Waals surface area contributed by atoms with Crippen LogP contribution in [0.25, 0.3) is 0 Å². The molecule has 0 heterocycles. The number of hydrogen-bond donors (Lipinski definition) is 1. The number of aliphatic hydroxyl groups excluding tert-OH is 1. The van der Waals surface area contributed by atoms with E-state index in [1.807, 2.05) is 0 Å². The molecule has 5 aliphatic carbocycles. The summed E-state index contributed by atoms with van der Waals surface area (Å²) in [5, 5.41) is 10.2. The normalized spacial score (nSPS) is 46.8. The Labute approximate surface area is 184 Å². The fourth-order valence-corrected chi connectivity index (χ4v) is 9.12. The summed E-state index contributed by atoms with van der Waals surface area (Å²) in [5.41, 5.74) is 2.42. The predicted molar refractivity (Wildman–Crippen MR) is 122 cm³/mol. The lowest BCUT2D eigenvalue weighted by Crippen LogP contribution is -2.50. The lowest BCUT2D eigenvalue weighted by Gasteiger charge is -2.58. The van der Waals surface area contributed by atoms with Crippen LogP contribution in [0.3, 0.4) is 0 Å². The average molecular weight is 413 g/mol. The number of ketones is 1. The van der Waals surface area contributed by atoms with Gasteiger partial charge in [-0.3, -0.25) is 4.79 Å². The van der Waals surface area contributed by atoms with Gasteiger partial charge in [-0.2, -0.15) is 0 Å². The number of allylic oxidation sites excluding steroid dienone is 1. The molecule has 2 nitrogen and oxygen atoms in total. The molecule has 30 heavy (non-hydrogen) atoms. The Morgan fingerprint density at radius 2 is 1.90 bits per heavy atom. The van der Waals surface area contributed by atoms with Crippen molar-refractivity contribution in [2.24, 2.45) is 46.3 Å². The zero-order chi connectivity index (χ0) is 21.1. The Bertz CT molecular complexity index is 705. The first-order valence-corrected chi connectivity index (χ1v) is 13.2. The monoisotopic (exact) mass is 412 g/mol. The van der Waals surface area contributed by atoms with Crippen molar-refractivity contribution < 1.29 is 9.90 Å². The standard InChI is InChI=1S/C28H44O2/c1-18(7-12-26(30)19-5-4-6-19)23-10-11-24-22-9-8-20-17-21(29)13-15-27(20,2)25(22)14-16-28(23,24)3/h8,18-19,21-25,29H,4-7,9-17H2,1-3H3/t18-,21+,22+,23-,24+,25+,27+,28-/m1/s1. The average Bonchev–Trinajstić information content (AvgIpc) is 3.02. The van der Waals surface area contributed by atoms with Crippen LogP contribution in [0.4, 0.5) is 0 Å². The molecule has 0 aliphatic heterocycles. The lowest BCUT2D eigenvalue weighted by atomic mass is 9.47. The Morgan fingerprint density at radius 1 is 1.10 bits per heavy atom. The van der Waals surface area contributed by atoms with E-state index in [2.05, 4.69) is 26.8 Å². The minimum atomic E-state index is -0.103. The second-order valence-corrected chi connectivity index (χ2v) is 12.5. The van der Waals surface area contributed by atoms with Gasteiger partial charge in [0, 0.05) is 12.3 Å². The molecule has 0 spiro atoms. The van der Waals surface area contributed by atoms with Gasteiger partial charge in [0.15, 0.2) is 0 Å². The molecule has 2 heteroatoms. The van der Waals surface area contributed by atoms with Crippen molar-refractivity contribution in [1.82, 2.24) is 0 Å². The van der Waals surface area contributed by atoms with Crippen molar-refractivity contribution in [2.45, 2.75) is 110 Å². The molecule has 5 aliphatic rings. The Hall–Kier alpha value is -0.630. The summed E-state index contributed by atoms with van der Waals surface area (Å²) in [4.78, 5) is 12.5. The van der Waals surface area contributed by atoms with Crippen molar-refractivity contribution in [3.8, 4) is 0 Å². The summed E-state index contributed by atoms with van der Waals surface area (Å²) >= 11 is 0. The van der Waals surface area contributed by atoms with Crippen LogP contribution in [0.2, 0.25) is 0 Å². The molecule has 0 radical (unpaired) electrons. The highest BCUT2D eigenvalue weighted by molar-refractivity contribution is 5.81. The van der Waals surface area contributed by atoms with Crippen LogP contribution in [0, 0.1) is 46.3 Å². The van der Waals surface area contributed by atoms with E-state index in [0.717, 1.165) is 62.2 Å². The van der Waals surface area contributed by atoms with Gasteiger partial charge in [-0.15, -0.1) is 0 Å². The third-order valence-corrected chi connectivity index (χ3v) is 11.2. The predicted octanol–water partition coefficient (Wildman–Crippen LogP) is 6.71. The van der Waals surface area contributed by atoms with E-state index in [4.69, 9.17) is 0 Å². The summed E-state index contributed by atoms with van der Waals surface area (Å²) in [5.74, 6) is 5.03. The largest absolute Gasteiger partial charge is 0.393 e. The third-order valence-electron chi connectivity index (χ3n) is 11.2. The first-order chi connectivity index (χ1) is 14.3. The third kappa shape index (κ3) is 3.26. The second-order valence-electron chi connectivity index (χ2n) is 12.5. The molecule has 0 amide bonds. The van der Waals surface area contributed by atoms with Crippen molar-refractivity contribution in [1.29, 1.82) is 0 Å². The molecule has 0 saturated heterocycles.